The first-order valence-corrected chi connectivity index (χ1v) is 10.0. The fraction of sp³-hybridized carbons (Fsp3) is 0.526. The molecule has 1 atom stereocenters. The van der Waals surface area contributed by atoms with E-state index in [4.69, 9.17) is 24.2 Å². The van der Waals surface area contributed by atoms with Crippen LogP contribution in [-0.4, -0.2) is 60.5 Å². The van der Waals surface area contributed by atoms with Crippen molar-refractivity contribution in [2.45, 2.75) is 52.4 Å². The average molecular weight is 436 g/mol. The highest BCUT2D eigenvalue weighted by molar-refractivity contribution is 6.47. The Morgan fingerprint density at radius 1 is 1.23 bits per heavy atom. The van der Waals surface area contributed by atoms with Crippen LogP contribution in [-0.2, 0) is 25.5 Å². The molecule has 1 amide bonds. The van der Waals surface area contributed by atoms with E-state index in [1.807, 2.05) is 13.8 Å². The lowest BCUT2D eigenvalue weighted by Gasteiger charge is -2.29. The van der Waals surface area contributed by atoms with E-state index < -0.39 is 31.8 Å². The van der Waals surface area contributed by atoms with Crippen molar-refractivity contribution < 1.29 is 43.6 Å². The minimum Gasteiger partial charge on any atom is -0.534 e. The number of hydrogen-bond acceptors (Lipinski definition) is 9. The number of amides is 1. The van der Waals surface area contributed by atoms with E-state index in [1.165, 1.54) is 6.07 Å². The van der Waals surface area contributed by atoms with Gasteiger partial charge < -0.3 is 34.5 Å². The van der Waals surface area contributed by atoms with Crippen molar-refractivity contribution in [3.05, 3.63) is 29.3 Å². The zero-order valence-electron chi connectivity index (χ0n) is 17.9. The van der Waals surface area contributed by atoms with Crippen LogP contribution in [0.1, 0.15) is 56.0 Å². The number of rotatable bonds is 8. The Morgan fingerprint density at radius 3 is 2.45 bits per heavy atom. The van der Waals surface area contributed by atoms with Crippen LogP contribution in [0.5, 0.6) is 5.75 Å². The van der Waals surface area contributed by atoms with E-state index in [-0.39, 0.29) is 37.2 Å². The van der Waals surface area contributed by atoms with Crippen molar-refractivity contribution in [2.24, 2.45) is 5.92 Å². The fourth-order valence-electron chi connectivity index (χ4n) is 2.98. The first-order chi connectivity index (χ1) is 14.8. The number of carbonyl (C=O) groups excluding carboxylic acids is 3. The molecule has 10 nitrogen and oxygen atoms in total. The summed E-state index contributed by atoms with van der Waals surface area (Å²) in [5.41, 5.74) is 0.783. The Morgan fingerprint density at radius 2 is 1.87 bits per heavy atom. The quantitative estimate of drug-likeness (QED) is 0.253. The number of nitrogens with one attached hydrogen (secondary N) is 1. The molecule has 1 heterocycles. The van der Waals surface area contributed by atoms with Gasteiger partial charge in [0.05, 0.1) is 11.9 Å². The third kappa shape index (κ3) is 7.89. The zero-order chi connectivity index (χ0) is 23.4. The highest BCUT2D eigenvalue weighted by Crippen LogP contribution is 2.30. The topological polar surface area (TPSA) is 152 Å². The highest BCUT2D eigenvalue weighted by atomic mass is 16.7. The molecule has 0 saturated heterocycles. The molecular weight excluding hydrogens is 408 g/mol. The Hall–Kier alpha value is -2.56. The van der Waals surface area contributed by atoms with E-state index in [9.17, 15) is 19.4 Å². The molecule has 0 fully saturated rings. The molecule has 4 N–H and O–H groups in total. The minimum atomic E-state index is -1.29. The summed E-state index contributed by atoms with van der Waals surface area (Å²) in [6.45, 7) is 4.99. The van der Waals surface area contributed by atoms with E-state index >= 15 is 0 Å². The highest BCUT2D eigenvalue weighted by Gasteiger charge is 2.37. The predicted molar refractivity (Wildman–Crippen MR) is 112 cm³/mol. The Kier molecular flexibility index (Phi) is 11.7. The minimum absolute atomic E-state index is 0. The van der Waals surface area contributed by atoms with Gasteiger partial charge in [0.2, 0.25) is 12.7 Å². The van der Waals surface area contributed by atoms with Gasteiger partial charge in [-0.1, -0.05) is 32.9 Å². The molecule has 0 aliphatic carbocycles. The van der Waals surface area contributed by atoms with Gasteiger partial charge in [0.25, 0.3) is 0 Å². The summed E-state index contributed by atoms with van der Waals surface area (Å²) in [6, 6.07) is 4.91. The molecule has 0 saturated carbocycles. The molecule has 169 valence electrons. The second-order valence-corrected chi connectivity index (χ2v) is 6.68. The second kappa shape index (κ2) is 13.7. The Bertz CT molecular complexity index is 743. The lowest BCUT2D eigenvalue weighted by molar-refractivity contribution is -0.157. The molecule has 1 aliphatic heterocycles. The molecule has 0 spiro atoms. The van der Waals surface area contributed by atoms with Crippen molar-refractivity contribution in [2.75, 3.05) is 6.79 Å². The lowest BCUT2D eigenvalue weighted by Crippen LogP contribution is -2.53. The van der Waals surface area contributed by atoms with Gasteiger partial charge in [0, 0.05) is 6.42 Å². The Labute approximate surface area is 182 Å². The Balaban J connectivity index is 0.00000151. The summed E-state index contributed by atoms with van der Waals surface area (Å²) in [7, 11) is -1.29. The van der Waals surface area contributed by atoms with Crippen molar-refractivity contribution in [1.82, 2.24) is 5.32 Å². The van der Waals surface area contributed by atoms with E-state index in [2.05, 4.69) is 5.32 Å². The van der Waals surface area contributed by atoms with Crippen LogP contribution in [0.3, 0.4) is 0 Å². The molecule has 31 heavy (non-hydrogen) atoms. The van der Waals surface area contributed by atoms with Crippen molar-refractivity contribution in [3.8, 4) is 5.75 Å². The summed E-state index contributed by atoms with van der Waals surface area (Å²) >= 11 is 0. The van der Waals surface area contributed by atoms with Crippen LogP contribution in [0.4, 0.5) is 0 Å². The number of carbonyl (C=O) groups is 3. The van der Waals surface area contributed by atoms with Crippen LogP contribution >= 0.6 is 0 Å². The van der Waals surface area contributed by atoms with Gasteiger partial charge >= 0.3 is 26.7 Å². The van der Waals surface area contributed by atoms with Crippen molar-refractivity contribution in [3.63, 3.8) is 0 Å². The third-order valence-electron chi connectivity index (χ3n) is 4.72. The third-order valence-corrected chi connectivity index (χ3v) is 4.72. The number of hydrogen-bond donors (Lipinski definition) is 4. The maximum atomic E-state index is 12.4. The molecule has 1 aliphatic rings. The SMILES string of the molecule is CCC(=O)N[C@H]1Cc2cccc(C(=O)OCOC(=O)C(CC)CC)c2OB1O.O[B]O. The molecule has 0 bridgehead atoms. The smallest absolute Gasteiger partial charge is 0.534 e. The van der Waals surface area contributed by atoms with Crippen molar-refractivity contribution in [1.29, 1.82) is 0 Å². The van der Waals surface area contributed by atoms with E-state index in [1.54, 1.807) is 19.1 Å². The number of benzene rings is 1. The summed E-state index contributed by atoms with van der Waals surface area (Å²) < 4.78 is 15.5. The molecule has 12 heteroatoms. The van der Waals surface area contributed by atoms with Gasteiger partial charge in [0.1, 0.15) is 11.3 Å². The first-order valence-electron chi connectivity index (χ1n) is 10.0. The summed E-state index contributed by atoms with van der Waals surface area (Å²) in [5.74, 6) is -1.96. The molecule has 1 radical (unpaired) electrons. The van der Waals surface area contributed by atoms with Crippen LogP contribution in [0.25, 0.3) is 0 Å². The van der Waals surface area contributed by atoms with Crippen LogP contribution in [0.15, 0.2) is 18.2 Å². The number of para-hydroxylation sites is 1. The van der Waals surface area contributed by atoms with Gasteiger partial charge in [-0.25, -0.2) is 4.79 Å². The summed E-state index contributed by atoms with van der Waals surface area (Å²) in [6.07, 6.45) is 1.90. The number of fused-ring (bicyclic) bond motifs is 1. The van der Waals surface area contributed by atoms with Crippen LogP contribution in [0, 0.1) is 5.92 Å². The standard InChI is InChI=1S/C19H26BNO7.BH2O2/c1-4-12(5-2)18(23)26-11-27-19(24)14-9-7-8-13-10-15(21-16(22)6-3)20(25)28-17(13)14;2-1-3/h7-9,12,15,25H,4-6,10-11H2,1-3H3,(H,21,22);2-3H/t15-;/m0./s1. The molecule has 1 aromatic rings. The molecule has 0 aromatic heterocycles. The van der Waals surface area contributed by atoms with Gasteiger partial charge in [-0.2, -0.15) is 0 Å². The maximum Gasteiger partial charge on any atom is 0.547 e. The van der Waals surface area contributed by atoms with Crippen molar-refractivity contribution >= 4 is 32.6 Å². The maximum absolute atomic E-state index is 12.4. The molecule has 2 rings (SSSR count). The van der Waals surface area contributed by atoms with E-state index in [0.29, 0.717) is 24.8 Å². The van der Waals surface area contributed by atoms with Gasteiger partial charge in [0.15, 0.2) is 0 Å². The predicted octanol–water partition coefficient (Wildman–Crippen LogP) is 0.135. The molecule has 0 unspecified atom stereocenters. The fourth-order valence-corrected chi connectivity index (χ4v) is 2.98. The zero-order valence-corrected chi connectivity index (χ0v) is 17.9. The lowest BCUT2D eigenvalue weighted by atomic mass is 9.72. The first kappa shape index (κ1) is 26.5. The summed E-state index contributed by atoms with van der Waals surface area (Å²) in [5, 5.41) is 26.9. The van der Waals surface area contributed by atoms with E-state index in [0.717, 1.165) is 0 Å². The van der Waals surface area contributed by atoms with Gasteiger partial charge in [-0.15, -0.1) is 0 Å². The largest absolute Gasteiger partial charge is 0.547 e. The molecule has 1 aromatic carbocycles. The second-order valence-electron chi connectivity index (χ2n) is 6.68. The van der Waals surface area contributed by atoms with Crippen LogP contribution in [0.2, 0.25) is 0 Å². The normalized spacial score (nSPS) is 14.4. The van der Waals surface area contributed by atoms with Gasteiger partial charge in [-0.05, 0) is 30.9 Å². The van der Waals surface area contributed by atoms with Gasteiger partial charge in [-0.3, -0.25) is 9.59 Å². The van der Waals surface area contributed by atoms with Crippen LogP contribution < -0.4 is 9.97 Å². The number of ether oxygens (including phenoxy) is 2. The molecular formula is C19H28B2NO9. The number of esters is 2. The monoisotopic (exact) mass is 436 g/mol. The summed E-state index contributed by atoms with van der Waals surface area (Å²) in [4.78, 5) is 35.8. The average Bonchev–Trinajstić information content (AvgIpc) is 2.75.